The summed E-state index contributed by atoms with van der Waals surface area (Å²) in [6.45, 7) is 12.2. The molecule has 164 valence electrons. The summed E-state index contributed by atoms with van der Waals surface area (Å²) in [6.07, 6.45) is 11.7. The third-order valence-electron chi connectivity index (χ3n) is 4.64. The van der Waals surface area contributed by atoms with Gasteiger partial charge in [-0.05, 0) is 39.4 Å². The number of aliphatic hydroxyl groups excluding tert-OH is 1. The van der Waals surface area contributed by atoms with E-state index in [0.29, 0.717) is 31.3 Å². The molecule has 0 heterocycles. The molecule has 27 heavy (non-hydrogen) atoms. The Bertz CT molecular complexity index is 349. The second-order valence-corrected chi connectivity index (χ2v) is 11.2. The molecule has 0 fully saturated rings. The van der Waals surface area contributed by atoms with E-state index in [1.165, 1.54) is 38.5 Å². The summed E-state index contributed by atoms with van der Waals surface area (Å²) in [5.74, 6) is 1.00. The Morgan fingerprint density at radius 1 is 0.778 bits per heavy atom. The van der Waals surface area contributed by atoms with Crippen LogP contribution in [0.2, 0.25) is 5.54 Å². The van der Waals surface area contributed by atoms with Crippen molar-refractivity contribution in [2.45, 2.75) is 104 Å². The van der Waals surface area contributed by atoms with E-state index in [1.54, 1.807) is 0 Å². The summed E-state index contributed by atoms with van der Waals surface area (Å²) in [5.41, 5.74) is 0.150. The molecule has 6 heteroatoms. The quantitative estimate of drug-likeness (QED) is 0.108. The van der Waals surface area contributed by atoms with Crippen LogP contribution in [0.25, 0.3) is 0 Å². The van der Waals surface area contributed by atoms with Crippen LogP contribution in [0.5, 0.6) is 0 Å². The highest BCUT2D eigenvalue weighted by atomic mass is 32.1. The Hall–Kier alpha value is 0.277. The maximum atomic E-state index is 10.5. The lowest BCUT2D eigenvalue weighted by Gasteiger charge is -2.35. The van der Waals surface area contributed by atoms with Crippen molar-refractivity contribution >= 4 is 25.2 Å². The molecular weight excluding hydrogens is 376 g/mol. The second kappa shape index (κ2) is 18.3. The smallest absolute Gasteiger partial charge is 0.374 e. The molecule has 0 aromatic rings. The summed E-state index contributed by atoms with van der Waals surface area (Å²) in [4.78, 5) is 0. The molecule has 0 saturated carbocycles. The Morgan fingerprint density at radius 3 is 1.78 bits per heavy atom. The largest absolute Gasteiger partial charge is 0.504 e. The van der Waals surface area contributed by atoms with E-state index in [9.17, 15) is 5.11 Å². The standard InChI is InChI=1S/C21H46O4SSi/c1-6-11-12-13-14-15-16-17-20(19-21(22)26-18-7-2)27(23-8-3,24-9-4)25-10-5/h20,22,26H,6-19H2,1-5H3. The van der Waals surface area contributed by atoms with Crippen molar-refractivity contribution < 1.29 is 18.4 Å². The third-order valence-corrected chi connectivity index (χ3v) is 9.42. The van der Waals surface area contributed by atoms with Crippen LogP contribution in [0.15, 0.2) is 0 Å². The SMILES string of the molecule is CCCCCCCCCC(CC(O)=[SH]CCC)[Si](OCC)(OCC)OCC. The molecular formula is C21H46O4SSi. The molecule has 0 bridgehead atoms. The summed E-state index contributed by atoms with van der Waals surface area (Å²) < 4.78 is 18.5. The molecule has 0 rings (SSSR count). The van der Waals surface area contributed by atoms with Gasteiger partial charge in [0, 0.05) is 31.8 Å². The highest BCUT2D eigenvalue weighted by molar-refractivity contribution is 7.98. The van der Waals surface area contributed by atoms with Crippen LogP contribution in [-0.4, -0.2) is 44.5 Å². The zero-order valence-electron chi connectivity index (χ0n) is 18.6. The van der Waals surface area contributed by atoms with E-state index in [4.69, 9.17) is 13.3 Å². The van der Waals surface area contributed by atoms with Gasteiger partial charge < -0.3 is 18.4 Å². The fourth-order valence-corrected chi connectivity index (χ4v) is 7.53. The van der Waals surface area contributed by atoms with Gasteiger partial charge in [0.1, 0.15) is 0 Å². The lowest BCUT2D eigenvalue weighted by Crippen LogP contribution is -2.51. The third kappa shape index (κ3) is 12.4. The van der Waals surface area contributed by atoms with E-state index < -0.39 is 8.80 Å². The van der Waals surface area contributed by atoms with Crippen LogP contribution in [0.3, 0.4) is 0 Å². The Morgan fingerprint density at radius 2 is 1.30 bits per heavy atom. The van der Waals surface area contributed by atoms with Crippen molar-refractivity contribution in [2.75, 3.05) is 25.6 Å². The van der Waals surface area contributed by atoms with Crippen LogP contribution in [0.4, 0.5) is 0 Å². The second-order valence-electron chi connectivity index (χ2n) is 7.01. The van der Waals surface area contributed by atoms with Gasteiger partial charge in [0.15, 0.2) is 0 Å². The molecule has 0 aliphatic rings. The minimum Gasteiger partial charge on any atom is -0.374 e. The molecule has 0 amide bonds. The van der Waals surface area contributed by atoms with E-state index in [1.807, 2.05) is 20.8 Å². The summed E-state index contributed by atoms with van der Waals surface area (Å²) in [7, 11) is -2.79. The van der Waals surface area contributed by atoms with Crippen LogP contribution in [0, 0.1) is 0 Å². The lowest BCUT2D eigenvalue weighted by atomic mass is 10.1. The molecule has 0 saturated heterocycles. The molecule has 4 nitrogen and oxygen atoms in total. The molecule has 0 aromatic carbocycles. The molecule has 0 spiro atoms. The van der Waals surface area contributed by atoms with Crippen molar-refractivity contribution in [2.24, 2.45) is 0 Å². The van der Waals surface area contributed by atoms with Crippen LogP contribution >= 0.6 is 11.4 Å². The van der Waals surface area contributed by atoms with Gasteiger partial charge >= 0.3 is 8.80 Å². The first-order valence-corrected chi connectivity index (χ1v) is 14.1. The highest BCUT2D eigenvalue weighted by Gasteiger charge is 2.48. The van der Waals surface area contributed by atoms with Gasteiger partial charge in [-0.2, -0.15) is 11.4 Å². The average molecular weight is 423 g/mol. The van der Waals surface area contributed by atoms with E-state index in [0.717, 1.165) is 36.4 Å². The number of hydrogen-bond donors (Lipinski definition) is 2. The Balaban J connectivity index is 5.00. The van der Waals surface area contributed by atoms with Crippen molar-refractivity contribution in [3.05, 3.63) is 0 Å². The van der Waals surface area contributed by atoms with Gasteiger partial charge in [-0.1, -0.05) is 58.8 Å². The fraction of sp³-hybridized carbons (Fsp3) is 0.952. The lowest BCUT2D eigenvalue weighted by molar-refractivity contribution is 0.0596. The summed E-state index contributed by atoms with van der Waals surface area (Å²) in [6, 6.07) is 0. The predicted molar refractivity (Wildman–Crippen MR) is 123 cm³/mol. The zero-order valence-corrected chi connectivity index (χ0v) is 20.5. The zero-order chi connectivity index (χ0) is 20.4. The van der Waals surface area contributed by atoms with Crippen molar-refractivity contribution in [3.8, 4) is 0 Å². The molecule has 1 N–H and O–H groups in total. The maximum absolute atomic E-state index is 10.5. The Kier molecular flexibility index (Phi) is 18.5. The first-order valence-electron chi connectivity index (χ1n) is 11.2. The van der Waals surface area contributed by atoms with E-state index in [2.05, 4.69) is 13.8 Å². The summed E-state index contributed by atoms with van der Waals surface area (Å²) >= 11 is 1.04. The molecule has 0 aliphatic heterocycles. The van der Waals surface area contributed by atoms with Gasteiger partial charge in [-0.3, -0.25) is 0 Å². The number of thiol groups is 1. The van der Waals surface area contributed by atoms with Crippen molar-refractivity contribution in [3.63, 3.8) is 0 Å². The minimum atomic E-state index is -2.79. The van der Waals surface area contributed by atoms with Crippen LogP contribution < -0.4 is 0 Å². The fourth-order valence-electron chi connectivity index (χ4n) is 3.36. The van der Waals surface area contributed by atoms with E-state index in [-0.39, 0.29) is 5.54 Å². The predicted octanol–water partition coefficient (Wildman–Crippen LogP) is 6.50. The minimum absolute atomic E-state index is 0.150. The van der Waals surface area contributed by atoms with E-state index >= 15 is 0 Å². The highest BCUT2D eigenvalue weighted by Crippen LogP contribution is 2.35. The van der Waals surface area contributed by atoms with Crippen molar-refractivity contribution in [1.29, 1.82) is 0 Å². The molecule has 1 unspecified atom stereocenters. The Labute approximate surface area is 173 Å². The number of aliphatic hydroxyl groups is 1. The van der Waals surface area contributed by atoms with Gasteiger partial charge in [-0.25, -0.2) is 0 Å². The van der Waals surface area contributed by atoms with Gasteiger partial charge in [0.2, 0.25) is 0 Å². The topological polar surface area (TPSA) is 47.9 Å². The van der Waals surface area contributed by atoms with Gasteiger partial charge in [0.05, 0.1) is 5.05 Å². The van der Waals surface area contributed by atoms with Gasteiger partial charge in [0.25, 0.3) is 0 Å². The number of hydrogen-bond acceptors (Lipinski definition) is 3. The number of rotatable bonds is 19. The molecule has 1 atom stereocenters. The molecule has 0 aromatic heterocycles. The average Bonchev–Trinajstić information content (AvgIpc) is 2.65. The monoisotopic (exact) mass is 422 g/mol. The maximum Gasteiger partial charge on any atom is 0.504 e. The van der Waals surface area contributed by atoms with Crippen LogP contribution in [-0.2, 0) is 13.3 Å². The van der Waals surface area contributed by atoms with Gasteiger partial charge in [-0.15, -0.1) is 0 Å². The normalized spacial score (nSPS) is 14.2. The first-order chi connectivity index (χ1) is 13.1. The molecule has 0 radical (unpaired) electrons. The van der Waals surface area contributed by atoms with Crippen LogP contribution in [0.1, 0.15) is 98.8 Å². The van der Waals surface area contributed by atoms with Crippen molar-refractivity contribution in [1.82, 2.24) is 0 Å². The number of unbranched alkanes of at least 4 members (excludes halogenated alkanes) is 6. The molecule has 0 aliphatic carbocycles. The first kappa shape index (κ1) is 27.3. The summed E-state index contributed by atoms with van der Waals surface area (Å²) in [5, 5.41) is 11.0.